The van der Waals surface area contributed by atoms with E-state index in [1.165, 1.54) is 13.0 Å². The minimum atomic E-state index is -0.848. The van der Waals surface area contributed by atoms with E-state index in [2.05, 4.69) is 15.3 Å². The number of hydrogen-bond donors (Lipinski definition) is 2. The molecule has 0 atom stereocenters. The summed E-state index contributed by atoms with van der Waals surface area (Å²) in [7, 11) is 0. The molecule has 0 fully saturated rings. The average Bonchev–Trinajstić information content (AvgIpc) is 2.83. The molecule has 0 spiro atoms. The van der Waals surface area contributed by atoms with E-state index >= 15 is 0 Å². The number of furan rings is 1. The van der Waals surface area contributed by atoms with E-state index in [-0.39, 0.29) is 18.1 Å². The van der Waals surface area contributed by atoms with E-state index in [1.54, 1.807) is 0 Å². The Morgan fingerprint density at radius 2 is 2.26 bits per heavy atom. The molecular weight excluding hydrogens is 260 g/mol. The van der Waals surface area contributed by atoms with Gasteiger partial charge in [0, 0.05) is 6.92 Å². The second-order valence-corrected chi connectivity index (χ2v) is 3.24. The zero-order chi connectivity index (χ0) is 14.4. The van der Waals surface area contributed by atoms with E-state index in [9.17, 15) is 19.7 Å². The van der Waals surface area contributed by atoms with Crippen LogP contribution in [0.25, 0.3) is 0 Å². The first-order valence-electron chi connectivity index (χ1n) is 4.92. The number of carbonyl (C=O) groups is 2. The van der Waals surface area contributed by atoms with Crippen LogP contribution in [0.1, 0.15) is 12.7 Å². The van der Waals surface area contributed by atoms with Crippen LogP contribution in [-0.4, -0.2) is 29.2 Å². The monoisotopic (exact) mass is 270 g/mol. The first-order valence-corrected chi connectivity index (χ1v) is 4.92. The highest BCUT2D eigenvalue weighted by molar-refractivity contribution is 5.95. The Hall–Kier alpha value is -2.91. The van der Waals surface area contributed by atoms with Crippen molar-refractivity contribution in [3.63, 3.8) is 0 Å². The molecule has 10 heteroatoms. The second-order valence-electron chi connectivity index (χ2n) is 3.24. The third kappa shape index (κ3) is 4.46. The number of amidine groups is 1. The zero-order valence-corrected chi connectivity index (χ0v) is 9.78. The SMILES string of the molecule is CC(=O)NCC(=O)O/N=C(\N)c1ccc([N+](=O)[O-])o1. The van der Waals surface area contributed by atoms with Gasteiger partial charge in [-0.2, -0.15) is 0 Å². The first kappa shape index (κ1) is 14.2. The Kier molecular flexibility index (Phi) is 4.57. The zero-order valence-electron chi connectivity index (χ0n) is 9.78. The molecule has 0 saturated carbocycles. The van der Waals surface area contributed by atoms with Crippen molar-refractivity contribution in [2.24, 2.45) is 10.9 Å². The maximum atomic E-state index is 11.1. The predicted octanol–water partition coefficient (Wildman–Crippen LogP) is -0.513. The maximum absolute atomic E-state index is 11.1. The Bertz CT molecular complexity index is 535. The van der Waals surface area contributed by atoms with Crippen LogP contribution in [0.4, 0.5) is 5.88 Å². The number of nitrogens with two attached hydrogens (primary N) is 1. The summed E-state index contributed by atoms with van der Waals surface area (Å²) in [6, 6.07) is 2.29. The Balaban J connectivity index is 2.58. The number of oxime groups is 1. The third-order valence-corrected chi connectivity index (χ3v) is 1.75. The summed E-state index contributed by atoms with van der Waals surface area (Å²) >= 11 is 0. The van der Waals surface area contributed by atoms with Gasteiger partial charge in [0.25, 0.3) is 0 Å². The molecule has 102 valence electrons. The van der Waals surface area contributed by atoms with Crippen LogP contribution in [0.5, 0.6) is 0 Å². The standard InChI is InChI=1S/C9H10N4O6/c1-5(14)11-4-8(15)19-12-9(10)6-2-3-7(18-6)13(16)17/h2-3H,4H2,1H3,(H2,10,12)(H,11,14). The predicted molar refractivity (Wildman–Crippen MR) is 60.9 cm³/mol. The number of nitro groups is 1. The van der Waals surface area contributed by atoms with Crippen molar-refractivity contribution in [2.75, 3.05) is 6.54 Å². The molecule has 19 heavy (non-hydrogen) atoms. The highest BCUT2D eigenvalue weighted by atomic mass is 16.7. The molecule has 0 saturated heterocycles. The molecule has 0 radical (unpaired) electrons. The molecule has 0 aromatic carbocycles. The van der Waals surface area contributed by atoms with Crippen LogP contribution in [-0.2, 0) is 14.4 Å². The van der Waals surface area contributed by atoms with Crippen molar-refractivity contribution in [3.05, 3.63) is 28.0 Å². The van der Waals surface area contributed by atoms with Gasteiger partial charge in [0.1, 0.15) is 11.5 Å². The van der Waals surface area contributed by atoms with Gasteiger partial charge < -0.3 is 20.3 Å². The molecule has 1 heterocycles. The first-order chi connectivity index (χ1) is 8.90. The number of hydrogen-bond acceptors (Lipinski definition) is 7. The summed E-state index contributed by atoms with van der Waals surface area (Å²) in [6.07, 6.45) is 0. The summed E-state index contributed by atoms with van der Waals surface area (Å²) in [5.41, 5.74) is 5.38. The Morgan fingerprint density at radius 3 is 2.79 bits per heavy atom. The van der Waals surface area contributed by atoms with Crippen LogP contribution in [0.15, 0.2) is 21.7 Å². The fraction of sp³-hybridized carbons (Fsp3) is 0.222. The molecular formula is C9H10N4O6. The number of rotatable bonds is 5. The minimum absolute atomic E-state index is 0.112. The second kappa shape index (κ2) is 6.14. The Labute approximate surface area is 106 Å². The molecule has 0 bridgehead atoms. The lowest BCUT2D eigenvalue weighted by atomic mass is 10.4. The van der Waals surface area contributed by atoms with Crippen LogP contribution in [0.2, 0.25) is 0 Å². The van der Waals surface area contributed by atoms with Gasteiger partial charge in [-0.05, 0) is 6.07 Å². The van der Waals surface area contributed by atoms with Gasteiger partial charge in [-0.1, -0.05) is 5.16 Å². The van der Waals surface area contributed by atoms with E-state index in [1.807, 2.05) is 0 Å². The molecule has 0 aliphatic heterocycles. The van der Waals surface area contributed by atoms with Gasteiger partial charge in [0.15, 0.2) is 5.76 Å². The third-order valence-electron chi connectivity index (χ3n) is 1.75. The fourth-order valence-corrected chi connectivity index (χ4v) is 0.937. The quantitative estimate of drug-likeness (QED) is 0.240. The van der Waals surface area contributed by atoms with Gasteiger partial charge in [-0.3, -0.25) is 14.9 Å². The van der Waals surface area contributed by atoms with Crippen LogP contribution < -0.4 is 11.1 Å². The molecule has 3 N–H and O–H groups in total. The van der Waals surface area contributed by atoms with Crippen molar-refractivity contribution in [2.45, 2.75) is 6.92 Å². The van der Waals surface area contributed by atoms with Crippen molar-refractivity contribution < 1.29 is 23.8 Å². The van der Waals surface area contributed by atoms with E-state index < -0.39 is 22.7 Å². The lowest BCUT2D eigenvalue weighted by molar-refractivity contribution is -0.402. The molecule has 1 aromatic heterocycles. The molecule has 0 aliphatic carbocycles. The van der Waals surface area contributed by atoms with Gasteiger partial charge in [0.05, 0.1) is 6.07 Å². The lowest BCUT2D eigenvalue weighted by Crippen LogP contribution is -2.28. The molecule has 0 unspecified atom stereocenters. The van der Waals surface area contributed by atoms with Crippen LogP contribution in [0, 0.1) is 10.1 Å². The molecule has 10 nitrogen and oxygen atoms in total. The van der Waals surface area contributed by atoms with Crippen molar-refractivity contribution in [1.82, 2.24) is 5.32 Å². The fourth-order valence-electron chi connectivity index (χ4n) is 0.937. The average molecular weight is 270 g/mol. The van der Waals surface area contributed by atoms with Crippen LogP contribution in [0.3, 0.4) is 0 Å². The summed E-state index contributed by atoms with van der Waals surface area (Å²) < 4.78 is 4.72. The smallest absolute Gasteiger partial charge is 0.397 e. The summed E-state index contributed by atoms with van der Waals surface area (Å²) in [4.78, 5) is 35.5. The van der Waals surface area contributed by atoms with Crippen molar-refractivity contribution >= 4 is 23.6 Å². The number of nitrogens with one attached hydrogen (secondary N) is 1. The highest BCUT2D eigenvalue weighted by Gasteiger charge is 2.14. The summed E-state index contributed by atoms with van der Waals surface area (Å²) in [5, 5.41) is 15.8. The van der Waals surface area contributed by atoms with Crippen molar-refractivity contribution in [3.8, 4) is 0 Å². The van der Waals surface area contributed by atoms with E-state index in [4.69, 9.17) is 10.2 Å². The largest absolute Gasteiger partial charge is 0.433 e. The van der Waals surface area contributed by atoms with Gasteiger partial charge in [-0.15, -0.1) is 0 Å². The number of nitrogens with zero attached hydrogens (tertiary/aromatic N) is 2. The number of carbonyl (C=O) groups excluding carboxylic acids is 2. The summed E-state index contributed by atoms with van der Waals surface area (Å²) in [6.45, 7) is 0.858. The van der Waals surface area contributed by atoms with Gasteiger partial charge in [0.2, 0.25) is 11.7 Å². The minimum Gasteiger partial charge on any atom is -0.397 e. The number of amides is 1. The van der Waals surface area contributed by atoms with E-state index in [0.717, 1.165) is 6.07 Å². The normalized spacial score (nSPS) is 10.9. The molecule has 1 rings (SSSR count). The van der Waals surface area contributed by atoms with Crippen LogP contribution >= 0.6 is 0 Å². The highest BCUT2D eigenvalue weighted by Crippen LogP contribution is 2.15. The molecule has 1 aromatic rings. The molecule has 1 amide bonds. The Morgan fingerprint density at radius 1 is 1.58 bits per heavy atom. The maximum Gasteiger partial charge on any atom is 0.433 e. The summed E-state index contributed by atoms with van der Waals surface area (Å²) in [5.74, 6) is -2.23. The molecule has 0 aliphatic rings. The van der Waals surface area contributed by atoms with Crippen molar-refractivity contribution in [1.29, 1.82) is 0 Å². The van der Waals surface area contributed by atoms with Gasteiger partial charge in [-0.25, -0.2) is 4.79 Å². The lowest BCUT2D eigenvalue weighted by Gasteiger charge is -1.99. The topological polar surface area (TPSA) is 150 Å². The van der Waals surface area contributed by atoms with Gasteiger partial charge >= 0.3 is 11.9 Å². The van der Waals surface area contributed by atoms with E-state index in [0.29, 0.717) is 0 Å².